The summed E-state index contributed by atoms with van der Waals surface area (Å²) >= 11 is 0. The molecule has 0 atom stereocenters. The van der Waals surface area contributed by atoms with Crippen LogP contribution in [-0.2, 0) is 13.0 Å². The maximum atomic E-state index is 12.8. The van der Waals surface area contributed by atoms with Crippen molar-refractivity contribution in [3.8, 4) is 11.5 Å². The van der Waals surface area contributed by atoms with Crippen molar-refractivity contribution in [2.75, 3.05) is 57.9 Å². The Balaban J connectivity index is 1.10. The Morgan fingerprint density at radius 2 is 1.87 bits per heavy atom. The molecule has 1 fully saturated rings. The summed E-state index contributed by atoms with van der Waals surface area (Å²) in [7, 11) is 1.73. The van der Waals surface area contributed by atoms with Crippen molar-refractivity contribution >= 4 is 11.6 Å². The highest BCUT2D eigenvalue weighted by Gasteiger charge is 2.30. The number of anilines is 1. The van der Waals surface area contributed by atoms with E-state index in [1.165, 1.54) is 11.3 Å². The highest BCUT2D eigenvalue weighted by molar-refractivity contribution is 5.98. The Morgan fingerprint density at radius 3 is 2.70 bits per heavy atom. The van der Waals surface area contributed by atoms with Gasteiger partial charge in [-0.1, -0.05) is 12.1 Å². The van der Waals surface area contributed by atoms with E-state index in [0.29, 0.717) is 6.54 Å². The number of carbonyl (C=O) groups excluding carboxylic acids is 1. The lowest BCUT2D eigenvalue weighted by molar-refractivity contribution is 0.0770. The van der Waals surface area contributed by atoms with Crippen molar-refractivity contribution in [2.24, 2.45) is 0 Å². The average molecular weight is 408 g/mol. The first-order chi connectivity index (χ1) is 14.7. The second kappa shape index (κ2) is 8.19. The maximum Gasteiger partial charge on any atom is 0.254 e. The number of ether oxygens (including phenoxy) is 2. The summed E-state index contributed by atoms with van der Waals surface area (Å²) in [6.07, 6.45) is 1.92. The SMILES string of the molecule is COc1ccccc1N1CCN(CCCN2Cc3cc4c(cc3C2=O)CCO4)CC1. The van der Waals surface area contributed by atoms with Gasteiger partial charge in [0.1, 0.15) is 11.5 Å². The van der Waals surface area contributed by atoms with Gasteiger partial charge in [0.25, 0.3) is 5.91 Å². The molecule has 2 aromatic rings. The molecule has 0 aromatic heterocycles. The number of carbonyl (C=O) groups is 1. The van der Waals surface area contributed by atoms with Crippen molar-refractivity contribution in [2.45, 2.75) is 19.4 Å². The van der Waals surface area contributed by atoms with Crippen LogP contribution in [0.25, 0.3) is 0 Å². The molecule has 0 N–H and O–H groups in total. The molecule has 5 rings (SSSR count). The van der Waals surface area contributed by atoms with Gasteiger partial charge in [0.15, 0.2) is 0 Å². The molecule has 6 nitrogen and oxygen atoms in total. The van der Waals surface area contributed by atoms with Gasteiger partial charge < -0.3 is 19.3 Å². The molecule has 2 aromatic carbocycles. The summed E-state index contributed by atoms with van der Waals surface area (Å²) in [6.45, 7) is 7.37. The fourth-order valence-electron chi connectivity index (χ4n) is 4.81. The van der Waals surface area contributed by atoms with Crippen LogP contribution in [0.1, 0.15) is 27.9 Å². The third-order valence-corrected chi connectivity index (χ3v) is 6.49. The van der Waals surface area contributed by atoms with E-state index in [4.69, 9.17) is 9.47 Å². The molecule has 0 radical (unpaired) electrons. The normalized spacial score (nSPS) is 18.4. The fraction of sp³-hybridized carbons (Fsp3) is 0.458. The number of fused-ring (bicyclic) bond motifs is 2. The van der Waals surface area contributed by atoms with E-state index < -0.39 is 0 Å². The first-order valence-corrected chi connectivity index (χ1v) is 10.9. The number of piperazine rings is 1. The summed E-state index contributed by atoms with van der Waals surface area (Å²) in [6, 6.07) is 12.4. The minimum atomic E-state index is 0.181. The molecule has 0 spiro atoms. The minimum Gasteiger partial charge on any atom is -0.495 e. The molecule has 30 heavy (non-hydrogen) atoms. The second-order valence-electron chi connectivity index (χ2n) is 8.30. The molecular weight excluding hydrogens is 378 g/mol. The molecule has 6 heteroatoms. The summed E-state index contributed by atoms with van der Waals surface area (Å²) in [5.74, 6) is 2.09. The quantitative estimate of drug-likeness (QED) is 0.737. The number of benzene rings is 2. The topological polar surface area (TPSA) is 45.2 Å². The van der Waals surface area contributed by atoms with Crippen molar-refractivity contribution in [3.63, 3.8) is 0 Å². The zero-order chi connectivity index (χ0) is 20.5. The van der Waals surface area contributed by atoms with Gasteiger partial charge in [0.2, 0.25) is 0 Å². The van der Waals surface area contributed by atoms with E-state index in [0.717, 1.165) is 81.3 Å². The predicted octanol–water partition coefficient (Wildman–Crippen LogP) is 2.80. The van der Waals surface area contributed by atoms with E-state index >= 15 is 0 Å². The Labute approximate surface area is 178 Å². The van der Waals surface area contributed by atoms with Gasteiger partial charge >= 0.3 is 0 Å². The van der Waals surface area contributed by atoms with Crippen molar-refractivity contribution in [1.82, 2.24) is 9.80 Å². The van der Waals surface area contributed by atoms with Crippen LogP contribution in [0.5, 0.6) is 11.5 Å². The lowest BCUT2D eigenvalue weighted by Crippen LogP contribution is -2.47. The summed E-state index contributed by atoms with van der Waals surface area (Å²) < 4.78 is 11.2. The van der Waals surface area contributed by atoms with Crippen LogP contribution >= 0.6 is 0 Å². The number of amides is 1. The number of para-hydroxylation sites is 2. The number of methoxy groups -OCH3 is 1. The third kappa shape index (κ3) is 3.60. The lowest BCUT2D eigenvalue weighted by atomic mass is 10.0. The van der Waals surface area contributed by atoms with Crippen LogP contribution in [-0.4, -0.2) is 68.7 Å². The highest BCUT2D eigenvalue weighted by Crippen LogP contribution is 2.33. The van der Waals surface area contributed by atoms with Crippen LogP contribution in [0.15, 0.2) is 36.4 Å². The van der Waals surface area contributed by atoms with Crippen LogP contribution in [0.2, 0.25) is 0 Å². The summed E-state index contributed by atoms with van der Waals surface area (Å²) in [5, 5.41) is 0. The van der Waals surface area contributed by atoms with E-state index in [9.17, 15) is 4.79 Å². The molecular formula is C24H29N3O3. The molecule has 0 aliphatic carbocycles. The van der Waals surface area contributed by atoms with Gasteiger partial charge in [0.05, 0.1) is 19.4 Å². The van der Waals surface area contributed by atoms with Crippen LogP contribution in [0.4, 0.5) is 5.69 Å². The monoisotopic (exact) mass is 407 g/mol. The zero-order valence-corrected chi connectivity index (χ0v) is 17.6. The number of rotatable bonds is 6. The molecule has 3 heterocycles. The average Bonchev–Trinajstić information content (AvgIpc) is 3.36. The van der Waals surface area contributed by atoms with E-state index in [1.54, 1.807) is 7.11 Å². The Morgan fingerprint density at radius 1 is 1.03 bits per heavy atom. The van der Waals surface area contributed by atoms with Crippen molar-refractivity contribution < 1.29 is 14.3 Å². The third-order valence-electron chi connectivity index (χ3n) is 6.49. The Bertz CT molecular complexity index is 937. The molecule has 1 saturated heterocycles. The summed E-state index contributed by atoms with van der Waals surface area (Å²) in [5.41, 5.74) is 4.35. The largest absolute Gasteiger partial charge is 0.495 e. The predicted molar refractivity (Wildman–Crippen MR) is 117 cm³/mol. The molecule has 1 amide bonds. The van der Waals surface area contributed by atoms with Gasteiger partial charge in [-0.2, -0.15) is 0 Å². The minimum absolute atomic E-state index is 0.181. The lowest BCUT2D eigenvalue weighted by Gasteiger charge is -2.36. The first kappa shape index (κ1) is 19.2. The molecule has 158 valence electrons. The van der Waals surface area contributed by atoms with Crippen LogP contribution in [0.3, 0.4) is 0 Å². The Kier molecular flexibility index (Phi) is 5.25. The molecule has 3 aliphatic rings. The van der Waals surface area contributed by atoms with E-state index in [1.807, 2.05) is 17.0 Å². The van der Waals surface area contributed by atoms with Crippen LogP contribution < -0.4 is 14.4 Å². The molecule has 0 bridgehead atoms. The van der Waals surface area contributed by atoms with Gasteiger partial charge in [-0.25, -0.2) is 0 Å². The standard InChI is InChI=1S/C24H29N3O3/c1-29-22-6-3-2-5-21(22)26-12-10-25(11-13-26)8-4-9-27-17-19-16-23-18(7-14-30-23)15-20(19)24(27)28/h2-3,5-6,15-16H,4,7-14,17H2,1H3. The number of nitrogens with zero attached hydrogens (tertiary/aromatic N) is 3. The first-order valence-electron chi connectivity index (χ1n) is 10.9. The molecule has 0 saturated carbocycles. The van der Waals surface area contributed by atoms with Crippen molar-refractivity contribution in [3.05, 3.63) is 53.1 Å². The Hall–Kier alpha value is -2.73. The second-order valence-corrected chi connectivity index (χ2v) is 8.30. The van der Waals surface area contributed by atoms with E-state index in [2.05, 4.69) is 34.1 Å². The zero-order valence-electron chi connectivity index (χ0n) is 17.6. The molecule has 0 unspecified atom stereocenters. The van der Waals surface area contributed by atoms with E-state index in [-0.39, 0.29) is 5.91 Å². The van der Waals surface area contributed by atoms with Crippen LogP contribution in [0, 0.1) is 0 Å². The number of hydrogen-bond acceptors (Lipinski definition) is 5. The van der Waals surface area contributed by atoms with Gasteiger partial charge in [0, 0.05) is 51.3 Å². The maximum absolute atomic E-state index is 12.8. The van der Waals surface area contributed by atoms with Gasteiger partial charge in [-0.3, -0.25) is 9.69 Å². The fourth-order valence-corrected chi connectivity index (χ4v) is 4.81. The van der Waals surface area contributed by atoms with Gasteiger partial charge in [-0.05, 0) is 48.4 Å². The number of hydrogen-bond donors (Lipinski definition) is 0. The highest BCUT2D eigenvalue weighted by atomic mass is 16.5. The molecule has 3 aliphatic heterocycles. The van der Waals surface area contributed by atoms with Gasteiger partial charge in [-0.15, -0.1) is 0 Å². The smallest absolute Gasteiger partial charge is 0.254 e. The summed E-state index contributed by atoms with van der Waals surface area (Å²) in [4.78, 5) is 19.7. The van der Waals surface area contributed by atoms with Crippen molar-refractivity contribution in [1.29, 1.82) is 0 Å².